The van der Waals surface area contributed by atoms with Crippen LogP contribution < -0.4 is 9.21 Å². The molecule has 2 aromatic rings. The maximum absolute atomic E-state index is 12.2. The van der Waals surface area contributed by atoms with Crippen molar-refractivity contribution in [2.75, 3.05) is 20.6 Å². The normalized spacial score (nSPS) is 14.2. The Labute approximate surface area is 191 Å². The SMILES string of the molecule is CCCc1csc(C(CNC(=O)OC(C)(C)C)Cc2ccc([N+](C)(C)S(=O)O)cc2)n1. The van der Waals surface area contributed by atoms with Crippen LogP contribution in [0.2, 0.25) is 0 Å². The molecule has 0 radical (unpaired) electrons. The summed E-state index contributed by atoms with van der Waals surface area (Å²) in [5, 5.41) is 5.94. The molecule has 9 heteroatoms. The maximum atomic E-state index is 12.2. The summed E-state index contributed by atoms with van der Waals surface area (Å²) in [5.41, 5.74) is 2.33. The number of amides is 1. The van der Waals surface area contributed by atoms with Gasteiger partial charge in [-0.3, -0.25) is 4.55 Å². The largest absolute Gasteiger partial charge is 0.444 e. The lowest BCUT2D eigenvalue weighted by Gasteiger charge is -2.23. The standard InChI is InChI=1S/C22H33N3O4S2/c1-7-8-18-15-30-20(24-18)17(14-23-21(26)29-22(2,3)4)13-16-9-11-19(12-10-16)25(5,6)31(27)28/h9-12,15,17H,7-8,13-14H2,1-6H3,(H-,23,26,27,28)/p+1. The first-order valence-corrected chi connectivity index (χ1v) is 12.3. The zero-order valence-corrected chi connectivity index (χ0v) is 20.8. The van der Waals surface area contributed by atoms with Gasteiger partial charge in [-0.1, -0.05) is 25.5 Å². The van der Waals surface area contributed by atoms with E-state index in [4.69, 9.17) is 9.72 Å². The van der Waals surface area contributed by atoms with E-state index in [0.29, 0.717) is 13.0 Å². The molecule has 0 spiro atoms. The predicted octanol–water partition coefficient (Wildman–Crippen LogP) is 4.65. The summed E-state index contributed by atoms with van der Waals surface area (Å²) in [7, 11) is 3.37. The molecular formula is C22H34N3O4S2+. The van der Waals surface area contributed by atoms with Crippen molar-refractivity contribution in [3.8, 4) is 0 Å². The molecule has 0 aliphatic rings. The Hall–Kier alpha value is -1.81. The van der Waals surface area contributed by atoms with E-state index in [1.54, 1.807) is 25.4 Å². The summed E-state index contributed by atoms with van der Waals surface area (Å²) in [5.74, 6) is 0.00319. The molecule has 31 heavy (non-hydrogen) atoms. The smallest absolute Gasteiger partial charge is 0.407 e. The maximum Gasteiger partial charge on any atom is 0.407 e. The third-order valence-electron chi connectivity index (χ3n) is 4.75. The topological polar surface area (TPSA) is 88.5 Å². The first-order chi connectivity index (χ1) is 14.4. The highest BCUT2D eigenvalue weighted by Crippen LogP contribution is 2.27. The summed E-state index contributed by atoms with van der Waals surface area (Å²) in [6, 6.07) is 7.66. The van der Waals surface area contributed by atoms with Gasteiger partial charge in [0.15, 0.2) is 0 Å². The summed E-state index contributed by atoms with van der Waals surface area (Å²) < 4.78 is 26.4. The number of alkyl carbamates (subject to hydrolysis) is 1. The van der Waals surface area contributed by atoms with Gasteiger partial charge in [-0.25, -0.2) is 9.78 Å². The molecular weight excluding hydrogens is 434 g/mol. The van der Waals surface area contributed by atoms with E-state index in [2.05, 4.69) is 17.6 Å². The first-order valence-electron chi connectivity index (χ1n) is 10.4. The number of benzene rings is 1. The number of thiazole rings is 1. The molecule has 2 N–H and O–H groups in total. The van der Waals surface area contributed by atoms with Gasteiger partial charge in [0.05, 0.1) is 24.8 Å². The van der Waals surface area contributed by atoms with Gasteiger partial charge in [-0.2, -0.15) is 8.10 Å². The van der Waals surface area contributed by atoms with E-state index in [-0.39, 0.29) is 9.81 Å². The van der Waals surface area contributed by atoms with Crippen LogP contribution >= 0.6 is 11.3 Å². The van der Waals surface area contributed by atoms with Crippen LogP contribution in [0, 0.1) is 0 Å². The minimum Gasteiger partial charge on any atom is -0.444 e. The molecule has 2 unspecified atom stereocenters. The van der Waals surface area contributed by atoms with Gasteiger partial charge in [0.2, 0.25) is 0 Å². The van der Waals surface area contributed by atoms with Crippen molar-refractivity contribution in [2.24, 2.45) is 0 Å². The number of aryl methyl sites for hydroxylation is 1. The van der Waals surface area contributed by atoms with Crippen LogP contribution in [0.3, 0.4) is 0 Å². The van der Waals surface area contributed by atoms with Gasteiger partial charge in [-0.05, 0) is 39.2 Å². The lowest BCUT2D eigenvalue weighted by Crippen LogP contribution is -2.41. The van der Waals surface area contributed by atoms with E-state index in [1.165, 1.54) is 0 Å². The zero-order chi connectivity index (χ0) is 23.2. The van der Waals surface area contributed by atoms with Gasteiger partial charge >= 0.3 is 17.4 Å². The quantitative estimate of drug-likeness (QED) is 0.413. The van der Waals surface area contributed by atoms with Gasteiger partial charge < -0.3 is 10.1 Å². The molecule has 1 amide bonds. The van der Waals surface area contributed by atoms with Crippen LogP contribution in [-0.4, -0.2) is 46.1 Å². The molecule has 0 aliphatic carbocycles. The lowest BCUT2D eigenvalue weighted by atomic mass is 9.99. The van der Waals surface area contributed by atoms with Crippen molar-refractivity contribution in [1.29, 1.82) is 0 Å². The van der Waals surface area contributed by atoms with Crippen LogP contribution in [0.5, 0.6) is 0 Å². The minimum atomic E-state index is -2.02. The van der Waals surface area contributed by atoms with Gasteiger partial charge in [0.25, 0.3) is 0 Å². The molecule has 0 saturated carbocycles. The number of carbonyl (C=O) groups excluding carboxylic acids is 1. The second-order valence-electron chi connectivity index (χ2n) is 8.96. The predicted molar refractivity (Wildman–Crippen MR) is 128 cm³/mol. The number of hydrogen-bond acceptors (Lipinski definition) is 5. The highest BCUT2D eigenvalue weighted by Gasteiger charge is 2.27. The second-order valence-corrected chi connectivity index (χ2v) is 11.2. The molecule has 0 saturated heterocycles. The summed E-state index contributed by atoms with van der Waals surface area (Å²) in [4.78, 5) is 16.9. The number of rotatable bonds is 9. The summed E-state index contributed by atoms with van der Waals surface area (Å²) in [6.07, 6.45) is 2.21. The lowest BCUT2D eigenvalue weighted by molar-refractivity contribution is 0.0524. The van der Waals surface area contributed by atoms with Crippen molar-refractivity contribution in [1.82, 2.24) is 14.2 Å². The van der Waals surface area contributed by atoms with Gasteiger partial charge in [-0.15, -0.1) is 11.3 Å². The summed E-state index contributed by atoms with van der Waals surface area (Å²) >= 11 is -0.409. The number of carbonyl (C=O) groups is 1. The Morgan fingerprint density at radius 1 is 1.29 bits per heavy atom. The zero-order valence-electron chi connectivity index (χ0n) is 19.2. The van der Waals surface area contributed by atoms with Crippen LogP contribution in [0.4, 0.5) is 10.5 Å². The minimum absolute atomic E-state index is 0.00319. The third-order valence-corrected chi connectivity index (χ3v) is 6.80. The number of nitrogens with zero attached hydrogens (tertiary/aromatic N) is 2. The molecule has 1 aromatic heterocycles. The molecule has 7 nitrogen and oxygen atoms in total. The molecule has 2 atom stereocenters. The monoisotopic (exact) mass is 468 g/mol. The van der Waals surface area contributed by atoms with Crippen LogP contribution in [0.25, 0.3) is 0 Å². The Balaban J connectivity index is 2.18. The van der Waals surface area contributed by atoms with E-state index >= 15 is 0 Å². The van der Waals surface area contributed by atoms with E-state index < -0.39 is 23.0 Å². The molecule has 172 valence electrons. The molecule has 0 fully saturated rings. The Morgan fingerprint density at radius 3 is 2.48 bits per heavy atom. The molecule has 2 rings (SSSR count). The summed E-state index contributed by atoms with van der Waals surface area (Å²) in [6.45, 7) is 8.05. The van der Waals surface area contributed by atoms with Crippen LogP contribution in [0.15, 0.2) is 29.6 Å². The average molecular weight is 469 g/mol. The first kappa shape index (κ1) is 25.5. The Morgan fingerprint density at radius 2 is 1.94 bits per heavy atom. The number of ether oxygens (including phenoxy) is 1. The molecule has 0 bridgehead atoms. The fraction of sp³-hybridized carbons (Fsp3) is 0.545. The van der Waals surface area contributed by atoms with Crippen molar-refractivity contribution in [3.05, 3.63) is 45.9 Å². The second kappa shape index (κ2) is 10.7. The van der Waals surface area contributed by atoms with Gasteiger partial charge in [0, 0.05) is 30.0 Å². The number of quaternary nitrogens is 1. The van der Waals surface area contributed by atoms with E-state index in [1.807, 2.05) is 45.0 Å². The third kappa shape index (κ3) is 7.68. The van der Waals surface area contributed by atoms with Gasteiger partial charge in [0.1, 0.15) is 11.3 Å². The fourth-order valence-corrected chi connectivity index (χ4v) is 4.27. The van der Waals surface area contributed by atoms with Crippen molar-refractivity contribution >= 4 is 34.4 Å². The van der Waals surface area contributed by atoms with Crippen molar-refractivity contribution in [2.45, 2.75) is 58.5 Å². The van der Waals surface area contributed by atoms with E-state index in [9.17, 15) is 13.6 Å². The highest BCUT2D eigenvalue weighted by molar-refractivity contribution is 7.78. The van der Waals surface area contributed by atoms with Crippen molar-refractivity contribution in [3.63, 3.8) is 0 Å². The number of nitrogens with one attached hydrogen (secondary N) is 1. The average Bonchev–Trinajstić information content (AvgIpc) is 3.13. The van der Waals surface area contributed by atoms with Crippen molar-refractivity contribution < 1.29 is 18.3 Å². The highest BCUT2D eigenvalue weighted by atomic mass is 32.2. The van der Waals surface area contributed by atoms with E-state index in [0.717, 1.165) is 34.8 Å². The molecule has 1 aromatic carbocycles. The number of hydrogen-bond donors (Lipinski definition) is 2. The Bertz CT molecular complexity index is 889. The molecule has 1 heterocycles. The fourth-order valence-electron chi connectivity index (χ4n) is 3.01. The molecule has 0 aliphatic heterocycles. The van der Waals surface area contributed by atoms with Crippen LogP contribution in [0.1, 0.15) is 56.3 Å². The Kier molecular flexibility index (Phi) is 8.76. The number of aromatic nitrogens is 1. The van der Waals surface area contributed by atoms with Crippen LogP contribution in [-0.2, 0) is 28.8 Å².